The molecule has 1 heterocycles. The van der Waals surface area contributed by atoms with Gasteiger partial charge in [-0.15, -0.1) is 0 Å². The van der Waals surface area contributed by atoms with Gasteiger partial charge >= 0.3 is 0 Å². The van der Waals surface area contributed by atoms with Crippen LogP contribution >= 0.6 is 16.8 Å². The molecule has 0 aromatic heterocycles. The summed E-state index contributed by atoms with van der Waals surface area (Å²) in [6.07, 6.45) is 3.45. The van der Waals surface area contributed by atoms with Crippen LogP contribution in [0.25, 0.3) is 0 Å². The van der Waals surface area contributed by atoms with Gasteiger partial charge in [0.05, 0.1) is 5.60 Å². The number of rotatable bonds is 2. The monoisotopic (exact) mass is 352 g/mol. The van der Waals surface area contributed by atoms with Gasteiger partial charge in [-0.1, -0.05) is 53.0 Å². The van der Waals surface area contributed by atoms with E-state index < -0.39 is 5.47 Å². The number of aryl methyl sites for hydroxylation is 2. The van der Waals surface area contributed by atoms with Gasteiger partial charge in [-0.3, -0.25) is 0 Å². The predicted molar refractivity (Wildman–Crippen MR) is 103 cm³/mol. The first kappa shape index (κ1) is 16.8. The van der Waals surface area contributed by atoms with E-state index in [2.05, 4.69) is 52.5 Å². The van der Waals surface area contributed by atoms with Crippen LogP contribution in [0, 0.1) is 19.8 Å². The summed E-state index contributed by atoms with van der Waals surface area (Å²) < 4.78 is 6.65. The molecule has 2 fully saturated rings. The van der Waals surface area contributed by atoms with Crippen molar-refractivity contribution in [2.45, 2.75) is 57.8 Å². The van der Waals surface area contributed by atoms with Crippen LogP contribution in [0.5, 0.6) is 0 Å². The van der Waals surface area contributed by atoms with E-state index >= 15 is 0 Å². The van der Waals surface area contributed by atoms with E-state index in [0.29, 0.717) is 11.2 Å². The summed E-state index contributed by atoms with van der Waals surface area (Å²) in [7, 11) is 0. The van der Waals surface area contributed by atoms with Crippen LogP contribution in [-0.2, 0) is 16.3 Å². The molecule has 1 aliphatic carbocycles. The third-order valence-electron chi connectivity index (χ3n) is 5.12. The fourth-order valence-corrected chi connectivity index (χ4v) is 12.1. The minimum absolute atomic E-state index is 0.0532. The van der Waals surface area contributed by atoms with Crippen molar-refractivity contribution >= 4 is 34.0 Å². The smallest absolute Gasteiger partial charge is 0.149 e. The van der Waals surface area contributed by atoms with E-state index in [1.54, 1.807) is 0 Å². The average molecular weight is 353 g/mol. The van der Waals surface area contributed by atoms with Crippen LogP contribution < -0.4 is 5.30 Å². The molecular formula is C18H25OPS2. The van der Waals surface area contributed by atoms with Crippen LogP contribution in [0.1, 0.15) is 44.2 Å². The van der Waals surface area contributed by atoms with E-state index in [4.69, 9.17) is 16.3 Å². The largest absolute Gasteiger partial charge is 0.331 e. The topological polar surface area (TPSA) is 9.23 Å². The van der Waals surface area contributed by atoms with E-state index in [1.165, 1.54) is 34.8 Å². The first-order valence-corrected chi connectivity index (χ1v) is 12.2. The van der Waals surface area contributed by atoms with E-state index in [-0.39, 0.29) is 5.60 Å². The number of hydrogen-bond acceptors (Lipinski definition) is 3. The number of allylic oxidation sites excluding steroid dienone is 1. The lowest BCUT2D eigenvalue weighted by molar-refractivity contribution is 0.0685. The number of benzene rings is 1. The van der Waals surface area contributed by atoms with Crippen LogP contribution in [-0.4, -0.2) is 10.9 Å². The van der Waals surface area contributed by atoms with Crippen molar-refractivity contribution in [2.24, 2.45) is 5.92 Å². The molecule has 0 bridgehead atoms. The molecule has 0 radical (unpaired) electrons. The van der Waals surface area contributed by atoms with Crippen molar-refractivity contribution in [3.05, 3.63) is 41.5 Å². The molecule has 1 aromatic carbocycles. The molecule has 3 rings (SSSR count). The maximum Gasteiger partial charge on any atom is 0.149 e. The average Bonchev–Trinajstić information content (AvgIpc) is 2.71. The molecule has 2 aliphatic rings. The molecule has 1 aliphatic heterocycles. The van der Waals surface area contributed by atoms with Crippen LogP contribution in [0.2, 0.25) is 0 Å². The number of hydrogen-bond donors (Lipinski definition) is 0. The molecule has 1 saturated carbocycles. The van der Waals surface area contributed by atoms with Crippen molar-refractivity contribution in [3.63, 3.8) is 0 Å². The van der Waals surface area contributed by atoms with E-state index in [1.807, 2.05) is 11.4 Å². The first-order valence-electron chi connectivity index (χ1n) is 7.96. The maximum atomic E-state index is 6.65. The van der Waals surface area contributed by atoms with Crippen molar-refractivity contribution < 1.29 is 4.52 Å². The quantitative estimate of drug-likeness (QED) is 0.513. The Labute approximate surface area is 143 Å². The fraction of sp³-hybridized carbons (Fsp3) is 0.556. The van der Waals surface area contributed by atoms with Crippen molar-refractivity contribution in [1.82, 2.24) is 0 Å². The zero-order valence-corrected chi connectivity index (χ0v) is 16.4. The Balaban J connectivity index is 1.94. The van der Waals surface area contributed by atoms with Gasteiger partial charge in [0.2, 0.25) is 0 Å². The molecule has 4 atom stereocenters. The minimum Gasteiger partial charge on any atom is -0.331 e. The lowest BCUT2D eigenvalue weighted by Crippen LogP contribution is -2.40. The van der Waals surface area contributed by atoms with Gasteiger partial charge in [-0.25, -0.2) is 0 Å². The van der Waals surface area contributed by atoms with Gasteiger partial charge in [0.25, 0.3) is 0 Å². The standard InChI is InChI=1S/C18H25OPS2/c1-12(2)15-8-9-18(5)17(11-15)22-20(21,19-18)16-10-13(3)6-7-14(16)4/h6-7,10,15,17H,1,8-9,11H2,2-5H3/t15-,17+,18+,20+/m0/s1. The third kappa shape index (κ3) is 2.86. The Hall–Kier alpha value is -0.0800. The Morgan fingerprint density at radius 2 is 2.18 bits per heavy atom. The highest BCUT2D eigenvalue weighted by molar-refractivity contribution is 8.72. The molecule has 1 aromatic rings. The number of fused-ring (bicyclic) bond motifs is 1. The van der Waals surface area contributed by atoms with Crippen LogP contribution in [0.15, 0.2) is 30.4 Å². The first-order chi connectivity index (χ1) is 10.2. The zero-order valence-electron chi connectivity index (χ0n) is 13.9. The van der Waals surface area contributed by atoms with Gasteiger partial charge in [0.1, 0.15) is 5.47 Å². The highest BCUT2D eigenvalue weighted by Gasteiger charge is 2.52. The second-order valence-electron chi connectivity index (χ2n) is 7.10. The minimum atomic E-state index is -1.99. The summed E-state index contributed by atoms with van der Waals surface area (Å²) in [5.41, 5.74) is 1.82. The second-order valence-corrected chi connectivity index (χ2v) is 14.0. The van der Waals surface area contributed by atoms with Gasteiger partial charge in [-0.2, -0.15) is 0 Å². The summed E-state index contributed by atoms with van der Waals surface area (Å²) >= 11 is 8.06. The van der Waals surface area contributed by atoms with E-state index in [0.717, 1.165) is 6.42 Å². The highest BCUT2D eigenvalue weighted by atomic mass is 32.9. The highest BCUT2D eigenvalue weighted by Crippen LogP contribution is 2.73. The lowest BCUT2D eigenvalue weighted by Gasteiger charge is -2.38. The summed E-state index contributed by atoms with van der Waals surface area (Å²) in [6, 6.07) is 6.59. The van der Waals surface area contributed by atoms with E-state index in [9.17, 15) is 0 Å². The molecule has 0 unspecified atom stereocenters. The Bertz CT molecular complexity index is 669. The normalized spacial score (nSPS) is 37.8. The molecule has 120 valence electrons. The molecule has 0 spiro atoms. The molecule has 4 heteroatoms. The van der Waals surface area contributed by atoms with Crippen LogP contribution in [0.4, 0.5) is 0 Å². The zero-order chi connectivity index (χ0) is 16.1. The predicted octanol–water partition coefficient (Wildman–Crippen LogP) is 5.51. The van der Waals surface area contributed by atoms with Gasteiger partial charge in [-0.05, 0) is 64.5 Å². The van der Waals surface area contributed by atoms with Crippen molar-refractivity contribution in [1.29, 1.82) is 0 Å². The summed E-state index contributed by atoms with van der Waals surface area (Å²) in [5.74, 6) is 0.634. The van der Waals surface area contributed by atoms with Crippen LogP contribution in [0.3, 0.4) is 0 Å². The fourth-order valence-electron chi connectivity index (χ4n) is 3.54. The molecule has 0 amide bonds. The molecule has 0 N–H and O–H groups in total. The van der Waals surface area contributed by atoms with Crippen molar-refractivity contribution in [3.8, 4) is 0 Å². The Morgan fingerprint density at radius 3 is 2.86 bits per heavy atom. The van der Waals surface area contributed by atoms with Gasteiger partial charge < -0.3 is 4.52 Å². The van der Waals surface area contributed by atoms with Crippen molar-refractivity contribution in [2.75, 3.05) is 0 Å². The molecule has 22 heavy (non-hydrogen) atoms. The summed E-state index contributed by atoms with van der Waals surface area (Å²) in [5, 5.41) is 1.78. The summed E-state index contributed by atoms with van der Waals surface area (Å²) in [6.45, 7) is 12.9. The molecular weight excluding hydrogens is 327 g/mol. The van der Waals surface area contributed by atoms with Gasteiger partial charge in [0.15, 0.2) is 0 Å². The molecule has 1 nitrogen and oxygen atoms in total. The lowest BCUT2D eigenvalue weighted by atomic mass is 9.77. The Morgan fingerprint density at radius 1 is 1.45 bits per heavy atom. The molecule has 1 saturated heterocycles. The van der Waals surface area contributed by atoms with Gasteiger partial charge in [0, 0.05) is 10.6 Å². The summed E-state index contributed by atoms with van der Waals surface area (Å²) in [4.78, 5) is 0. The second kappa shape index (κ2) is 5.77. The maximum absolute atomic E-state index is 6.65. The Kier molecular flexibility index (Phi) is 4.40. The SMILES string of the molecule is C=C(C)[C@H]1CC[C@@]2(C)O[P@@](=S)(c3cc(C)ccc3C)S[C@@H]2C1. The third-order valence-corrected chi connectivity index (χ3v) is 12.1.